The van der Waals surface area contributed by atoms with Crippen LogP contribution in [0, 0.1) is 6.92 Å². The molecule has 3 rings (SSSR count). The molecular formula is C20H23NS. The van der Waals surface area contributed by atoms with Gasteiger partial charge in [0, 0.05) is 10.9 Å². The van der Waals surface area contributed by atoms with Crippen molar-refractivity contribution in [1.29, 1.82) is 0 Å². The fourth-order valence-electron chi connectivity index (χ4n) is 2.94. The molecule has 0 saturated heterocycles. The van der Waals surface area contributed by atoms with Gasteiger partial charge in [-0.25, -0.2) is 4.98 Å². The molecule has 0 bridgehead atoms. The number of benzene rings is 1. The number of thiophene rings is 1. The van der Waals surface area contributed by atoms with Crippen LogP contribution in [-0.4, -0.2) is 4.98 Å². The second-order valence-corrected chi connectivity index (χ2v) is 7.26. The minimum Gasteiger partial charge on any atom is -0.237 e. The number of fused-ring (bicyclic) bond motifs is 1. The summed E-state index contributed by atoms with van der Waals surface area (Å²) in [7, 11) is 0. The van der Waals surface area contributed by atoms with E-state index >= 15 is 0 Å². The van der Waals surface area contributed by atoms with E-state index < -0.39 is 0 Å². The average Bonchev–Trinajstić information content (AvgIpc) is 3.01. The molecule has 0 spiro atoms. The molecule has 2 aromatic heterocycles. The van der Waals surface area contributed by atoms with Gasteiger partial charge in [-0.15, -0.1) is 11.3 Å². The molecule has 0 N–H and O–H groups in total. The van der Waals surface area contributed by atoms with Crippen molar-refractivity contribution in [3.05, 3.63) is 52.9 Å². The van der Waals surface area contributed by atoms with Crippen LogP contribution in [0.1, 0.15) is 44.7 Å². The first kappa shape index (κ1) is 15.2. The van der Waals surface area contributed by atoms with Crippen LogP contribution in [0.25, 0.3) is 21.5 Å². The van der Waals surface area contributed by atoms with Crippen LogP contribution in [-0.2, 0) is 5.41 Å². The number of aryl methyl sites for hydroxylation is 1. The van der Waals surface area contributed by atoms with Crippen molar-refractivity contribution in [3.63, 3.8) is 0 Å². The Bertz CT molecular complexity index is 796. The Balaban J connectivity index is 2.12. The van der Waals surface area contributed by atoms with Gasteiger partial charge in [0.05, 0.1) is 5.69 Å². The molecule has 2 heteroatoms. The number of pyridine rings is 1. The Hall–Kier alpha value is -1.67. The minimum atomic E-state index is 0.244. The van der Waals surface area contributed by atoms with Crippen molar-refractivity contribution in [2.24, 2.45) is 0 Å². The fourth-order valence-corrected chi connectivity index (χ4v) is 3.71. The number of hydrogen-bond acceptors (Lipinski definition) is 2. The Kier molecular flexibility index (Phi) is 4.05. The first-order valence-electron chi connectivity index (χ1n) is 8.02. The first-order chi connectivity index (χ1) is 10.6. The fraction of sp³-hybridized carbons (Fsp3) is 0.350. The summed E-state index contributed by atoms with van der Waals surface area (Å²) in [4.78, 5) is 5.96. The van der Waals surface area contributed by atoms with Gasteiger partial charge >= 0.3 is 0 Å². The molecule has 0 amide bonds. The van der Waals surface area contributed by atoms with Crippen LogP contribution >= 0.6 is 11.3 Å². The van der Waals surface area contributed by atoms with Crippen LogP contribution in [0.5, 0.6) is 0 Å². The Labute approximate surface area is 137 Å². The third-order valence-electron chi connectivity index (χ3n) is 4.95. The van der Waals surface area contributed by atoms with Crippen LogP contribution in [0.4, 0.5) is 0 Å². The van der Waals surface area contributed by atoms with E-state index in [1.807, 2.05) is 0 Å². The van der Waals surface area contributed by atoms with E-state index in [9.17, 15) is 0 Å². The molecule has 2 heterocycles. The zero-order valence-corrected chi connectivity index (χ0v) is 14.6. The number of nitrogens with zero attached hydrogens (tertiary/aromatic N) is 1. The third-order valence-corrected chi connectivity index (χ3v) is 5.77. The van der Waals surface area contributed by atoms with Gasteiger partial charge in [-0.1, -0.05) is 32.4 Å². The average molecular weight is 309 g/mol. The lowest BCUT2D eigenvalue weighted by atomic mass is 9.77. The second-order valence-electron chi connectivity index (χ2n) is 6.37. The van der Waals surface area contributed by atoms with Gasteiger partial charge in [0.25, 0.3) is 0 Å². The summed E-state index contributed by atoms with van der Waals surface area (Å²) in [6.45, 7) is 9.10. The SMILES string of the molecule is CCC(C)(CC)c1cc(C)cc(-c2ccc3ccsc3n2)c1. The van der Waals surface area contributed by atoms with Crippen molar-refractivity contribution in [2.45, 2.75) is 46.0 Å². The highest BCUT2D eigenvalue weighted by atomic mass is 32.1. The van der Waals surface area contributed by atoms with Gasteiger partial charge in [0.2, 0.25) is 0 Å². The molecule has 0 aliphatic rings. The molecule has 0 fully saturated rings. The maximum absolute atomic E-state index is 4.84. The summed E-state index contributed by atoms with van der Waals surface area (Å²) in [5.74, 6) is 0. The Morgan fingerprint density at radius 1 is 1.05 bits per heavy atom. The van der Waals surface area contributed by atoms with Gasteiger partial charge in [0.1, 0.15) is 4.83 Å². The van der Waals surface area contributed by atoms with Crippen molar-refractivity contribution in [1.82, 2.24) is 4.98 Å². The van der Waals surface area contributed by atoms with E-state index in [0.29, 0.717) is 0 Å². The predicted molar refractivity (Wildman–Crippen MR) is 97.7 cm³/mol. The van der Waals surface area contributed by atoms with Gasteiger partial charge in [-0.2, -0.15) is 0 Å². The quantitative estimate of drug-likeness (QED) is 0.547. The molecule has 3 aromatic rings. The normalized spacial score (nSPS) is 12.0. The molecular weight excluding hydrogens is 286 g/mol. The molecule has 114 valence electrons. The molecule has 0 atom stereocenters. The van der Waals surface area contributed by atoms with Crippen LogP contribution in [0.15, 0.2) is 41.8 Å². The van der Waals surface area contributed by atoms with Crippen molar-refractivity contribution < 1.29 is 0 Å². The third kappa shape index (κ3) is 2.68. The van der Waals surface area contributed by atoms with E-state index in [2.05, 4.69) is 69.5 Å². The number of rotatable bonds is 4. The molecule has 1 aromatic carbocycles. The Morgan fingerprint density at radius 2 is 1.82 bits per heavy atom. The smallest absolute Gasteiger partial charge is 0.123 e. The lowest BCUT2D eigenvalue weighted by Crippen LogP contribution is -2.19. The van der Waals surface area contributed by atoms with Crippen molar-refractivity contribution in [2.75, 3.05) is 0 Å². The van der Waals surface area contributed by atoms with Crippen LogP contribution < -0.4 is 0 Å². The standard InChI is InChI=1S/C20H23NS/c1-5-20(4,6-2)17-12-14(3)11-16(13-17)18-8-7-15-9-10-22-19(15)21-18/h7-13H,5-6H2,1-4H3. The van der Waals surface area contributed by atoms with Gasteiger partial charge in [-0.3, -0.25) is 0 Å². The van der Waals surface area contributed by atoms with E-state index in [4.69, 9.17) is 4.98 Å². The highest BCUT2D eigenvalue weighted by molar-refractivity contribution is 7.16. The van der Waals surface area contributed by atoms with Gasteiger partial charge in [-0.05, 0) is 66.5 Å². The molecule has 0 aliphatic heterocycles. The van der Waals surface area contributed by atoms with Crippen molar-refractivity contribution in [3.8, 4) is 11.3 Å². The Morgan fingerprint density at radius 3 is 2.55 bits per heavy atom. The molecule has 22 heavy (non-hydrogen) atoms. The molecule has 0 saturated carbocycles. The molecule has 0 radical (unpaired) electrons. The first-order valence-corrected chi connectivity index (χ1v) is 8.90. The number of aromatic nitrogens is 1. The number of hydrogen-bond donors (Lipinski definition) is 0. The molecule has 1 nitrogen and oxygen atoms in total. The van der Waals surface area contributed by atoms with Crippen LogP contribution in [0.3, 0.4) is 0 Å². The lowest BCUT2D eigenvalue weighted by Gasteiger charge is -2.28. The molecule has 0 aliphatic carbocycles. The maximum Gasteiger partial charge on any atom is 0.123 e. The largest absolute Gasteiger partial charge is 0.237 e. The summed E-state index contributed by atoms with van der Waals surface area (Å²) >= 11 is 1.71. The maximum atomic E-state index is 4.84. The highest BCUT2D eigenvalue weighted by Gasteiger charge is 2.23. The summed E-state index contributed by atoms with van der Waals surface area (Å²) < 4.78 is 0. The zero-order valence-electron chi connectivity index (χ0n) is 13.8. The zero-order chi connectivity index (χ0) is 15.7. The monoisotopic (exact) mass is 309 g/mol. The van der Waals surface area contributed by atoms with Crippen molar-refractivity contribution >= 4 is 21.6 Å². The summed E-state index contributed by atoms with van der Waals surface area (Å²) in [6.07, 6.45) is 2.31. The summed E-state index contributed by atoms with van der Waals surface area (Å²) in [6, 6.07) is 13.4. The van der Waals surface area contributed by atoms with E-state index in [0.717, 1.165) is 23.4 Å². The predicted octanol–water partition coefficient (Wildman–Crippen LogP) is 6.35. The van der Waals surface area contributed by atoms with Gasteiger partial charge in [0.15, 0.2) is 0 Å². The minimum absolute atomic E-state index is 0.244. The topological polar surface area (TPSA) is 12.9 Å². The molecule has 0 unspecified atom stereocenters. The summed E-state index contributed by atoms with van der Waals surface area (Å²) in [5.41, 5.74) is 5.30. The lowest BCUT2D eigenvalue weighted by molar-refractivity contribution is 0.439. The van der Waals surface area contributed by atoms with E-state index in [1.165, 1.54) is 22.1 Å². The van der Waals surface area contributed by atoms with E-state index in [1.54, 1.807) is 11.3 Å². The second kappa shape index (κ2) is 5.85. The highest BCUT2D eigenvalue weighted by Crippen LogP contribution is 2.34. The van der Waals surface area contributed by atoms with Crippen LogP contribution in [0.2, 0.25) is 0 Å². The summed E-state index contributed by atoms with van der Waals surface area (Å²) in [5, 5.41) is 3.34. The van der Waals surface area contributed by atoms with E-state index in [-0.39, 0.29) is 5.41 Å². The van der Waals surface area contributed by atoms with Gasteiger partial charge < -0.3 is 0 Å².